The van der Waals surface area contributed by atoms with Gasteiger partial charge in [-0.25, -0.2) is 4.98 Å². The molecule has 2 aliphatic heterocycles. The minimum atomic E-state index is -0.834. The van der Waals surface area contributed by atoms with Gasteiger partial charge in [0.1, 0.15) is 23.5 Å². The van der Waals surface area contributed by atoms with Gasteiger partial charge in [-0.15, -0.1) is 11.3 Å². The number of benzene rings is 3. The molecule has 16 heteroatoms. The number of aromatic hydroxyl groups is 1. The zero-order valence-corrected chi connectivity index (χ0v) is 37.9. The Morgan fingerprint density at radius 3 is 2.49 bits per heavy atom. The lowest BCUT2D eigenvalue weighted by atomic mass is 9.91. The number of hydrogen-bond donors (Lipinski definition) is 6. The number of nitrogens with one attached hydrogen (secondary N) is 3. The van der Waals surface area contributed by atoms with Crippen LogP contribution in [0.25, 0.3) is 21.7 Å². The Kier molecular flexibility index (Phi) is 13.4. The Bertz CT molecular complexity index is 2690. The van der Waals surface area contributed by atoms with Crippen LogP contribution in [-0.2, 0) is 16.0 Å². The zero-order valence-electron chi connectivity index (χ0n) is 37.1. The molecule has 3 aromatic carbocycles. The molecular weight excluding hydrogens is 843 g/mol. The molecule has 338 valence electrons. The van der Waals surface area contributed by atoms with Crippen LogP contribution in [0.4, 0.5) is 0 Å². The Morgan fingerprint density at radius 1 is 1.02 bits per heavy atom. The Labute approximate surface area is 382 Å². The first kappa shape index (κ1) is 44.7. The Hall–Kier alpha value is -6.91. The smallest absolute Gasteiger partial charge is 0.254 e. The Morgan fingerprint density at radius 2 is 1.77 bits per heavy atom. The van der Waals surface area contributed by atoms with Crippen molar-refractivity contribution in [2.75, 3.05) is 13.2 Å². The maximum Gasteiger partial charge on any atom is 0.254 e. The van der Waals surface area contributed by atoms with E-state index in [9.17, 15) is 19.8 Å². The van der Waals surface area contributed by atoms with Crippen LogP contribution in [0.2, 0.25) is 0 Å². The molecule has 8 rings (SSSR count). The van der Waals surface area contributed by atoms with Crippen molar-refractivity contribution in [3.05, 3.63) is 148 Å². The molecule has 3 aromatic heterocycles. The van der Waals surface area contributed by atoms with Crippen LogP contribution in [-0.4, -0.2) is 72.1 Å². The number of amides is 2. The quantitative estimate of drug-likeness (QED) is 0.0545. The number of nitrogens with zero attached hydrogens (tertiary/aromatic N) is 5. The number of ether oxygens (including phenoxy) is 1. The number of aliphatic hydroxyl groups excluding tert-OH is 1. The number of allylic oxidation sites excluding steroid dienone is 2. The van der Waals surface area contributed by atoms with Gasteiger partial charge in [0.25, 0.3) is 5.88 Å². The number of aliphatic hydroxyl groups is 1. The monoisotopic (exact) mass is 897 g/mol. The van der Waals surface area contributed by atoms with E-state index in [-0.39, 0.29) is 54.4 Å². The number of likely N-dealkylation sites (tertiary alicyclic amines) is 1. The number of carbonyl (C=O) groups excluding carboxylic acids is 2. The highest BCUT2D eigenvalue weighted by molar-refractivity contribution is 7.13. The van der Waals surface area contributed by atoms with Crippen molar-refractivity contribution < 1.29 is 29.1 Å². The van der Waals surface area contributed by atoms with Gasteiger partial charge in [-0.1, -0.05) is 74.5 Å². The number of phenols is 1. The van der Waals surface area contributed by atoms with Crippen LogP contribution in [0.5, 0.6) is 11.6 Å². The SMILES string of the molecule is Cc1ncsc1-c1ccc([C@H](C)NC(=O)[C@@H]2C[C@@H](O)CN2C(=O)[C@@H](c2cc(OCCCc3ccc(C(C)n4cc(C5=C(N)NNC(c6ccccc6O)=C5)cn4)cc3)no2)C(C)C)cc1. The first-order valence-electron chi connectivity index (χ1n) is 21.9. The maximum absolute atomic E-state index is 14.2. The van der Waals surface area contributed by atoms with Gasteiger partial charge in [0.15, 0.2) is 5.76 Å². The molecule has 15 nitrogen and oxygen atoms in total. The summed E-state index contributed by atoms with van der Waals surface area (Å²) in [5.74, 6) is -0.300. The third-order valence-electron chi connectivity index (χ3n) is 12.1. The molecule has 0 aliphatic carbocycles. The predicted octanol–water partition coefficient (Wildman–Crippen LogP) is 6.98. The summed E-state index contributed by atoms with van der Waals surface area (Å²) in [6.45, 7) is 10.2. The molecule has 0 spiro atoms. The van der Waals surface area contributed by atoms with Gasteiger partial charge in [-0.3, -0.25) is 25.1 Å². The second kappa shape index (κ2) is 19.5. The van der Waals surface area contributed by atoms with E-state index in [1.165, 1.54) is 4.90 Å². The fourth-order valence-corrected chi connectivity index (χ4v) is 9.22. The lowest BCUT2D eigenvalue weighted by molar-refractivity contribution is -0.141. The number of para-hydroxylation sites is 1. The van der Waals surface area contributed by atoms with E-state index in [4.69, 9.17) is 15.0 Å². The Balaban J connectivity index is 0.828. The van der Waals surface area contributed by atoms with Crippen LogP contribution in [0.1, 0.15) is 97.8 Å². The van der Waals surface area contributed by atoms with Crippen LogP contribution in [0.15, 0.2) is 113 Å². The molecule has 1 saturated heterocycles. The van der Waals surface area contributed by atoms with Gasteiger partial charge in [0.05, 0.1) is 52.8 Å². The number of phenolic OH excluding ortho intramolecular Hbond substituents is 1. The molecule has 2 aliphatic rings. The summed E-state index contributed by atoms with van der Waals surface area (Å²) in [5, 5.41) is 32.9. The fourth-order valence-electron chi connectivity index (χ4n) is 8.40. The number of nitrogens with two attached hydrogens (primary N) is 1. The minimum absolute atomic E-state index is 0.0436. The van der Waals surface area contributed by atoms with Crippen molar-refractivity contribution in [1.29, 1.82) is 0 Å². The lowest BCUT2D eigenvalue weighted by Gasteiger charge is -2.29. The molecule has 1 fully saturated rings. The largest absolute Gasteiger partial charge is 0.507 e. The number of β-amino-alcohol motifs (C(OH)–C–C–N with tert-alkyl or cyclic N) is 1. The summed E-state index contributed by atoms with van der Waals surface area (Å²) in [7, 11) is 0. The number of thiazole rings is 1. The van der Waals surface area contributed by atoms with Crippen molar-refractivity contribution in [1.82, 2.24) is 41.0 Å². The van der Waals surface area contributed by atoms with Crippen LogP contribution in [0, 0.1) is 12.8 Å². The van der Waals surface area contributed by atoms with Gasteiger partial charge in [-0.05, 0) is 85.1 Å². The standard InChI is InChI=1S/C49H55N9O6S/c1-28(2)45(49(62)57-26-37(59)21-41(57)48(61)53-29(3)33-16-18-35(19-17-33)46-30(4)51-27-65-46)43-23-44(56-64-43)63-20-8-9-32-12-14-34(15-13-32)31(5)58-25-36(24-52-58)39-22-40(54-55-47(39)50)38-10-6-7-11-42(38)60/h6-7,10-19,22-25,27-29,31,37,41,45,54-55,59-60H,8-9,20-21,26,50H2,1-5H3,(H,53,61)/t29-,31?,37+,41-,45+/m0/s1. The molecule has 6 aromatic rings. The zero-order chi connectivity index (χ0) is 45.8. The molecule has 2 amide bonds. The van der Waals surface area contributed by atoms with E-state index in [0.29, 0.717) is 29.4 Å². The average Bonchev–Trinajstić information content (AvgIpc) is 4.14. The van der Waals surface area contributed by atoms with E-state index in [2.05, 4.69) is 62.6 Å². The molecule has 0 saturated carbocycles. The van der Waals surface area contributed by atoms with Crippen LogP contribution >= 0.6 is 11.3 Å². The van der Waals surface area contributed by atoms with E-state index >= 15 is 0 Å². The van der Waals surface area contributed by atoms with E-state index in [0.717, 1.165) is 56.8 Å². The highest BCUT2D eigenvalue weighted by Gasteiger charge is 2.43. The molecule has 65 heavy (non-hydrogen) atoms. The highest BCUT2D eigenvalue weighted by atomic mass is 32.1. The van der Waals surface area contributed by atoms with Crippen molar-refractivity contribution in [2.24, 2.45) is 11.7 Å². The first-order valence-corrected chi connectivity index (χ1v) is 22.8. The molecule has 0 bridgehead atoms. The molecular formula is C49H55N9O6S. The second-order valence-electron chi connectivity index (χ2n) is 17.0. The number of rotatable bonds is 16. The van der Waals surface area contributed by atoms with E-state index < -0.39 is 18.1 Å². The van der Waals surface area contributed by atoms with Gasteiger partial charge in [-0.2, -0.15) is 5.10 Å². The number of aryl methyl sites for hydroxylation is 2. The van der Waals surface area contributed by atoms with Gasteiger partial charge in [0.2, 0.25) is 11.8 Å². The third-order valence-corrected chi connectivity index (χ3v) is 13.1. The van der Waals surface area contributed by atoms with Crippen molar-refractivity contribution in [2.45, 2.75) is 84.0 Å². The fraction of sp³-hybridized carbons (Fsp3) is 0.327. The topological polar surface area (TPSA) is 206 Å². The number of carbonyl (C=O) groups is 2. The summed E-state index contributed by atoms with van der Waals surface area (Å²) in [5.41, 5.74) is 22.3. The van der Waals surface area contributed by atoms with Crippen molar-refractivity contribution in [3.63, 3.8) is 0 Å². The number of aromatic nitrogens is 4. The number of hydrazine groups is 1. The molecule has 5 heterocycles. The lowest BCUT2D eigenvalue weighted by Crippen LogP contribution is -2.48. The van der Waals surface area contributed by atoms with Crippen LogP contribution < -0.4 is 26.6 Å². The normalized spacial score (nSPS) is 17.6. The molecule has 1 unspecified atom stereocenters. The van der Waals surface area contributed by atoms with Gasteiger partial charge >= 0.3 is 0 Å². The first-order chi connectivity index (χ1) is 31.3. The maximum atomic E-state index is 14.2. The number of hydrogen-bond acceptors (Lipinski definition) is 13. The summed E-state index contributed by atoms with van der Waals surface area (Å²) in [6, 6.07) is 24.0. The van der Waals surface area contributed by atoms with E-state index in [1.54, 1.807) is 35.7 Å². The van der Waals surface area contributed by atoms with Gasteiger partial charge in [0, 0.05) is 41.9 Å². The summed E-state index contributed by atoms with van der Waals surface area (Å²) < 4.78 is 13.6. The molecule has 0 radical (unpaired) electrons. The minimum Gasteiger partial charge on any atom is -0.507 e. The van der Waals surface area contributed by atoms with Gasteiger partial charge < -0.3 is 35.4 Å². The summed E-state index contributed by atoms with van der Waals surface area (Å²) in [4.78, 5) is 34.8. The molecule has 5 atom stereocenters. The third kappa shape index (κ3) is 9.93. The predicted molar refractivity (Wildman–Crippen MR) is 249 cm³/mol. The van der Waals surface area contributed by atoms with Crippen molar-refractivity contribution >= 4 is 34.4 Å². The highest BCUT2D eigenvalue weighted by Crippen LogP contribution is 2.34. The summed E-state index contributed by atoms with van der Waals surface area (Å²) >= 11 is 1.59. The van der Waals surface area contributed by atoms with E-state index in [1.807, 2.05) is 86.6 Å². The average molecular weight is 898 g/mol. The summed E-state index contributed by atoms with van der Waals surface area (Å²) in [6.07, 6.45) is 6.44. The molecule has 7 N–H and O–H groups in total. The van der Waals surface area contributed by atoms with Crippen LogP contribution in [0.3, 0.4) is 0 Å². The van der Waals surface area contributed by atoms with Crippen molar-refractivity contribution in [3.8, 4) is 22.1 Å². The second-order valence-corrected chi connectivity index (χ2v) is 17.9.